The minimum absolute atomic E-state index is 0.0789. The molecule has 0 aromatic heterocycles. The molecule has 0 N–H and O–H groups in total. The SMILES string of the molecule is [B]CC(=O)c1ccc(OS(=O)(=O)c2ccc(C)cc2)cc1. The number of ketones is 1. The first kappa shape index (κ1) is 15.3. The molecule has 0 aliphatic rings. The van der Waals surface area contributed by atoms with Crippen LogP contribution in [0.3, 0.4) is 0 Å². The Bertz CT molecular complexity index is 734. The van der Waals surface area contributed by atoms with Crippen LogP contribution in [-0.2, 0) is 10.1 Å². The van der Waals surface area contributed by atoms with Crippen molar-refractivity contribution < 1.29 is 17.4 Å². The first-order chi connectivity index (χ1) is 9.92. The summed E-state index contributed by atoms with van der Waals surface area (Å²) in [4.78, 5) is 11.5. The van der Waals surface area contributed by atoms with Crippen LogP contribution in [0.15, 0.2) is 53.4 Å². The summed E-state index contributed by atoms with van der Waals surface area (Å²) in [6.45, 7) is 1.87. The Labute approximate surface area is 125 Å². The molecule has 2 radical (unpaired) electrons. The van der Waals surface area contributed by atoms with Crippen LogP contribution >= 0.6 is 0 Å². The number of Topliss-reactive ketones (excluding diaryl/α,β-unsaturated/α-hetero) is 1. The number of rotatable bonds is 5. The van der Waals surface area contributed by atoms with Gasteiger partial charge in [0.1, 0.15) is 10.6 Å². The highest BCUT2D eigenvalue weighted by atomic mass is 32.2. The monoisotopic (exact) mass is 300 g/mol. The van der Waals surface area contributed by atoms with Crippen LogP contribution in [0.1, 0.15) is 15.9 Å². The summed E-state index contributed by atoms with van der Waals surface area (Å²) in [6.07, 6.45) is -0.0954. The summed E-state index contributed by atoms with van der Waals surface area (Å²) < 4.78 is 29.2. The van der Waals surface area contributed by atoms with Crippen molar-refractivity contribution in [3.8, 4) is 5.75 Å². The first-order valence-corrected chi connectivity index (χ1v) is 7.68. The van der Waals surface area contributed by atoms with Crippen LogP contribution in [0.2, 0.25) is 6.32 Å². The van der Waals surface area contributed by atoms with Crippen LogP contribution in [0.5, 0.6) is 5.75 Å². The van der Waals surface area contributed by atoms with Gasteiger partial charge in [0.2, 0.25) is 0 Å². The van der Waals surface area contributed by atoms with Gasteiger partial charge in [0.25, 0.3) is 0 Å². The van der Waals surface area contributed by atoms with Crippen LogP contribution in [0.25, 0.3) is 0 Å². The lowest BCUT2D eigenvalue weighted by Crippen LogP contribution is -2.09. The number of hydrogen-bond donors (Lipinski definition) is 0. The lowest BCUT2D eigenvalue weighted by atomic mass is 9.96. The molecule has 2 rings (SSSR count). The first-order valence-electron chi connectivity index (χ1n) is 6.27. The second-order valence-corrected chi connectivity index (χ2v) is 6.05. The fraction of sp³-hybridized carbons (Fsp3) is 0.133. The maximum absolute atomic E-state index is 12.1. The molecule has 0 aliphatic heterocycles. The summed E-state index contributed by atoms with van der Waals surface area (Å²) in [5, 5.41) is 0. The highest BCUT2D eigenvalue weighted by molar-refractivity contribution is 7.87. The molecule has 2 aromatic carbocycles. The lowest BCUT2D eigenvalue weighted by Gasteiger charge is -2.07. The summed E-state index contributed by atoms with van der Waals surface area (Å²) >= 11 is 0. The van der Waals surface area contributed by atoms with E-state index in [0.717, 1.165) is 5.56 Å². The van der Waals surface area contributed by atoms with Crippen molar-refractivity contribution in [1.82, 2.24) is 0 Å². The van der Waals surface area contributed by atoms with Gasteiger partial charge in [-0.05, 0) is 49.6 Å². The van der Waals surface area contributed by atoms with E-state index >= 15 is 0 Å². The van der Waals surface area contributed by atoms with E-state index in [0.29, 0.717) is 5.56 Å². The number of aryl methyl sites for hydroxylation is 1. The van der Waals surface area contributed by atoms with Crippen LogP contribution in [0.4, 0.5) is 0 Å². The van der Waals surface area contributed by atoms with E-state index in [1.807, 2.05) is 6.92 Å². The summed E-state index contributed by atoms with van der Waals surface area (Å²) in [6, 6.07) is 12.2. The van der Waals surface area contributed by atoms with Crippen molar-refractivity contribution in [3.05, 3.63) is 59.7 Å². The second kappa shape index (κ2) is 6.14. The average molecular weight is 300 g/mol. The standard InChI is InChI=1S/C15H13BO4S/c1-11-2-8-14(9-3-11)21(18,19)20-13-6-4-12(5-7-13)15(17)10-16/h2-9H,10H2,1H3. The van der Waals surface area contributed by atoms with Crippen molar-refractivity contribution in [2.75, 3.05) is 0 Å². The number of hydrogen-bond acceptors (Lipinski definition) is 4. The molecule has 0 aliphatic carbocycles. The fourth-order valence-corrected chi connectivity index (χ4v) is 2.62. The van der Waals surface area contributed by atoms with Gasteiger partial charge < -0.3 is 4.18 Å². The van der Waals surface area contributed by atoms with E-state index in [1.165, 1.54) is 36.4 Å². The molecule has 0 amide bonds. The summed E-state index contributed by atoms with van der Waals surface area (Å²) in [5.41, 5.74) is 1.37. The highest BCUT2D eigenvalue weighted by Gasteiger charge is 2.16. The zero-order valence-electron chi connectivity index (χ0n) is 11.4. The molecule has 6 heteroatoms. The van der Waals surface area contributed by atoms with Crippen LogP contribution in [-0.4, -0.2) is 22.0 Å². The van der Waals surface area contributed by atoms with Crippen LogP contribution in [0, 0.1) is 6.92 Å². The Morgan fingerprint density at radius 3 is 2.14 bits per heavy atom. The van der Waals surface area contributed by atoms with Gasteiger partial charge >= 0.3 is 10.1 Å². The van der Waals surface area contributed by atoms with Crippen molar-refractivity contribution >= 4 is 23.7 Å². The predicted octanol–water partition coefficient (Wildman–Crippen LogP) is 2.53. The van der Waals surface area contributed by atoms with Crippen molar-refractivity contribution in [2.45, 2.75) is 18.1 Å². The van der Waals surface area contributed by atoms with E-state index in [4.69, 9.17) is 12.0 Å². The Morgan fingerprint density at radius 1 is 1.05 bits per heavy atom. The molecule has 0 heterocycles. The fourth-order valence-electron chi connectivity index (χ4n) is 1.69. The molecule has 0 atom stereocenters. The Balaban J connectivity index is 2.20. The third kappa shape index (κ3) is 3.73. The van der Waals surface area contributed by atoms with Crippen molar-refractivity contribution in [3.63, 3.8) is 0 Å². The van der Waals surface area contributed by atoms with Crippen molar-refractivity contribution in [1.29, 1.82) is 0 Å². The number of carbonyl (C=O) groups excluding carboxylic acids is 1. The molecular formula is C15H13BO4S. The third-order valence-electron chi connectivity index (χ3n) is 2.88. The smallest absolute Gasteiger partial charge is 0.339 e. The van der Waals surface area contributed by atoms with E-state index in [9.17, 15) is 13.2 Å². The molecule has 2 aromatic rings. The van der Waals surface area contributed by atoms with E-state index in [1.54, 1.807) is 12.1 Å². The lowest BCUT2D eigenvalue weighted by molar-refractivity contribution is 0.101. The topological polar surface area (TPSA) is 60.4 Å². The minimum Gasteiger partial charge on any atom is -0.379 e. The zero-order chi connectivity index (χ0) is 15.5. The summed E-state index contributed by atoms with van der Waals surface area (Å²) in [7, 11) is 1.38. The Kier molecular flexibility index (Phi) is 4.48. The molecule has 0 spiro atoms. The molecule has 0 saturated heterocycles. The molecule has 0 saturated carbocycles. The van der Waals surface area contributed by atoms with E-state index in [-0.39, 0.29) is 22.7 Å². The number of benzene rings is 2. The Hall–Kier alpha value is -2.08. The average Bonchev–Trinajstić information content (AvgIpc) is 2.47. The summed E-state index contributed by atoms with van der Waals surface area (Å²) in [5.74, 6) is -0.0768. The molecule has 106 valence electrons. The van der Waals surface area contributed by atoms with Gasteiger partial charge in [0.05, 0.1) is 7.85 Å². The maximum atomic E-state index is 12.1. The quantitative estimate of drug-likeness (QED) is 0.483. The highest BCUT2D eigenvalue weighted by Crippen LogP contribution is 2.20. The normalized spacial score (nSPS) is 11.1. The molecule has 0 fully saturated rings. The zero-order valence-corrected chi connectivity index (χ0v) is 12.3. The van der Waals surface area contributed by atoms with Gasteiger partial charge in [-0.3, -0.25) is 4.79 Å². The van der Waals surface area contributed by atoms with E-state index in [2.05, 4.69) is 0 Å². The van der Waals surface area contributed by atoms with Gasteiger partial charge in [-0.2, -0.15) is 8.42 Å². The molecule has 21 heavy (non-hydrogen) atoms. The third-order valence-corrected chi connectivity index (χ3v) is 4.14. The second-order valence-electron chi connectivity index (χ2n) is 4.50. The molecular weight excluding hydrogens is 287 g/mol. The molecule has 0 bridgehead atoms. The van der Waals surface area contributed by atoms with E-state index < -0.39 is 10.1 Å². The van der Waals surface area contributed by atoms with Crippen LogP contribution < -0.4 is 4.18 Å². The largest absolute Gasteiger partial charge is 0.379 e. The number of carbonyl (C=O) groups is 1. The van der Waals surface area contributed by atoms with Gasteiger partial charge in [0, 0.05) is 5.56 Å². The predicted molar refractivity (Wildman–Crippen MR) is 80.3 cm³/mol. The minimum atomic E-state index is -3.88. The van der Waals surface area contributed by atoms with Gasteiger partial charge in [-0.1, -0.05) is 17.7 Å². The van der Waals surface area contributed by atoms with Gasteiger partial charge in [-0.25, -0.2) is 0 Å². The van der Waals surface area contributed by atoms with Gasteiger partial charge in [-0.15, -0.1) is 0 Å². The molecule has 4 nitrogen and oxygen atoms in total. The van der Waals surface area contributed by atoms with Gasteiger partial charge in [0.15, 0.2) is 5.78 Å². The Morgan fingerprint density at radius 2 is 1.62 bits per heavy atom. The van der Waals surface area contributed by atoms with Crippen molar-refractivity contribution in [2.24, 2.45) is 0 Å². The molecule has 0 unspecified atom stereocenters. The maximum Gasteiger partial charge on any atom is 0.339 e.